The van der Waals surface area contributed by atoms with Crippen molar-refractivity contribution in [1.29, 1.82) is 0 Å². The van der Waals surface area contributed by atoms with Crippen LogP contribution in [0.25, 0.3) is 0 Å². The summed E-state index contributed by atoms with van der Waals surface area (Å²) < 4.78 is 10.4. The Hall–Kier alpha value is -3.06. The largest absolute Gasteiger partial charge is 0.494 e. The third kappa shape index (κ3) is 7.28. The number of ether oxygens (including phenoxy) is 2. The predicted molar refractivity (Wildman–Crippen MR) is 110 cm³/mol. The number of carbonyl (C=O) groups is 2. The molecule has 0 atom stereocenters. The van der Waals surface area contributed by atoms with E-state index in [0.717, 1.165) is 17.9 Å². The Kier molecular flexibility index (Phi) is 8.81. The number of methoxy groups -OCH3 is 1. The van der Waals surface area contributed by atoms with Gasteiger partial charge in [0.1, 0.15) is 5.75 Å². The Morgan fingerprint density at radius 1 is 0.929 bits per heavy atom. The highest BCUT2D eigenvalue weighted by molar-refractivity contribution is 5.96. The van der Waals surface area contributed by atoms with Crippen LogP contribution in [0.15, 0.2) is 48.5 Å². The maximum atomic E-state index is 12.1. The zero-order valence-electron chi connectivity index (χ0n) is 16.3. The molecule has 3 N–H and O–H groups in total. The number of benzene rings is 2. The fourth-order valence-electron chi connectivity index (χ4n) is 2.35. The molecular weight excluding hydrogens is 358 g/mol. The molecule has 0 heterocycles. The van der Waals surface area contributed by atoms with Crippen LogP contribution in [-0.2, 0) is 9.53 Å². The summed E-state index contributed by atoms with van der Waals surface area (Å²) in [5, 5.41) is 8.60. The SMILES string of the molecule is CCCOc1ccc(NCC(=O)Nc2ccc(C(=O)NCCOC)cc2)cc1. The summed E-state index contributed by atoms with van der Waals surface area (Å²) in [6, 6.07) is 14.2. The fourth-order valence-corrected chi connectivity index (χ4v) is 2.35. The fraction of sp³-hybridized carbons (Fsp3) is 0.333. The molecule has 0 aliphatic heterocycles. The quantitative estimate of drug-likeness (QED) is 0.518. The van der Waals surface area contributed by atoms with Crippen LogP contribution in [0.1, 0.15) is 23.7 Å². The van der Waals surface area contributed by atoms with Crippen molar-refractivity contribution in [2.24, 2.45) is 0 Å². The zero-order valence-corrected chi connectivity index (χ0v) is 16.3. The van der Waals surface area contributed by atoms with Crippen molar-refractivity contribution >= 4 is 23.2 Å². The number of amides is 2. The summed E-state index contributed by atoms with van der Waals surface area (Å²) >= 11 is 0. The Morgan fingerprint density at radius 2 is 1.61 bits per heavy atom. The van der Waals surface area contributed by atoms with E-state index in [0.29, 0.717) is 31.0 Å². The average molecular weight is 385 g/mol. The van der Waals surface area contributed by atoms with Crippen LogP contribution in [0, 0.1) is 0 Å². The predicted octanol–water partition coefficient (Wildman–Crippen LogP) is 2.90. The lowest BCUT2D eigenvalue weighted by atomic mass is 10.2. The van der Waals surface area contributed by atoms with Gasteiger partial charge in [-0.2, -0.15) is 0 Å². The lowest BCUT2D eigenvalue weighted by Crippen LogP contribution is -2.27. The minimum absolute atomic E-state index is 0.133. The van der Waals surface area contributed by atoms with E-state index in [1.54, 1.807) is 31.4 Å². The highest BCUT2D eigenvalue weighted by atomic mass is 16.5. The molecule has 0 spiro atoms. The van der Waals surface area contributed by atoms with Gasteiger partial charge in [0.2, 0.25) is 5.91 Å². The number of nitrogens with one attached hydrogen (secondary N) is 3. The summed E-state index contributed by atoms with van der Waals surface area (Å²) in [5.41, 5.74) is 1.99. The first-order valence-electron chi connectivity index (χ1n) is 9.26. The van der Waals surface area contributed by atoms with Gasteiger partial charge in [-0.15, -0.1) is 0 Å². The van der Waals surface area contributed by atoms with Gasteiger partial charge in [0.05, 0.1) is 19.8 Å². The Bertz CT molecular complexity index is 745. The molecule has 0 aromatic heterocycles. The Morgan fingerprint density at radius 3 is 2.25 bits per heavy atom. The van der Waals surface area contributed by atoms with E-state index < -0.39 is 0 Å². The summed E-state index contributed by atoms with van der Waals surface area (Å²) in [4.78, 5) is 24.0. The van der Waals surface area contributed by atoms with Gasteiger partial charge in [-0.3, -0.25) is 9.59 Å². The first-order valence-corrected chi connectivity index (χ1v) is 9.26. The van der Waals surface area contributed by atoms with Crippen LogP contribution >= 0.6 is 0 Å². The van der Waals surface area contributed by atoms with Gasteiger partial charge in [-0.05, 0) is 55.0 Å². The Balaban J connectivity index is 1.77. The molecule has 0 aliphatic rings. The summed E-state index contributed by atoms with van der Waals surface area (Å²) in [5.74, 6) is 0.453. The number of anilines is 2. The summed E-state index contributed by atoms with van der Waals surface area (Å²) in [7, 11) is 1.58. The smallest absolute Gasteiger partial charge is 0.251 e. The summed E-state index contributed by atoms with van der Waals surface area (Å²) in [6.07, 6.45) is 0.958. The zero-order chi connectivity index (χ0) is 20.2. The normalized spacial score (nSPS) is 10.2. The second-order valence-electron chi connectivity index (χ2n) is 6.10. The van der Waals surface area contributed by atoms with Crippen molar-refractivity contribution in [3.8, 4) is 5.75 Å². The third-order valence-corrected chi connectivity index (χ3v) is 3.80. The van der Waals surface area contributed by atoms with Crippen molar-refractivity contribution in [2.75, 3.05) is 44.0 Å². The van der Waals surface area contributed by atoms with Crippen LogP contribution < -0.4 is 20.7 Å². The van der Waals surface area contributed by atoms with Crippen molar-refractivity contribution in [1.82, 2.24) is 5.32 Å². The number of rotatable bonds is 11. The van der Waals surface area contributed by atoms with Crippen LogP contribution in [0.2, 0.25) is 0 Å². The van der Waals surface area contributed by atoms with Gasteiger partial charge in [0.15, 0.2) is 0 Å². The van der Waals surface area contributed by atoms with Gasteiger partial charge in [-0.1, -0.05) is 6.92 Å². The average Bonchev–Trinajstić information content (AvgIpc) is 2.72. The molecule has 0 unspecified atom stereocenters. The molecule has 28 heavy (non-hydrogen) atoms. The highest BCUT2D eigenvalue weighted by Crippen LogP contribution is 2.16. The molecule has 2 rings (SSSR count). The lowest BCUT2D eigenvalue weighted by Gasteiger charge is -2.10. The van der Waals surface area contributed by atoms with Crippen LogP contribution in [0.5, 0.6) is 5.75 Å². The number of hydrogen-bond donors (Lipinski definition) is 3. The van der Waals surface area contributed by atoms with E-state index in [4.69, 9.17) is 9.47 Å². The molecule has 7 nitrogen and oxygen atoms in total. The van der Waals surface area contributed by atoms with E-state index in [1.807, 2.05) is 24.3 Å². The van der Waals surface area contributed by atoms with Gasteiger partial charge in [-0.25, -0.2) is 0 Å². The first kappa shape index (κ1) is 21.2. The molecular formula is C21H27N3O4. The topological polar surface area (TPSA) is 88.7 Å². The van der Waals surface area contributed by atoms with Crippen LogP contribution in [0.4, 0.5) is 11.4 Å². The van der Waals surface area contributed by atoms with Crippen LogP contribution in [-0.4, -0.2) is 45.2 Å². The molecule has 7 heteroatoms. The van der Waals surface area contributed by atoms with Crippen molar-refractivity contribution in [3.63, 3.8) is 0 Å². The number of hydrogen-bond acceptors (Lipinski definition) is 5. The van der Waals surface area contributed by atoms with E-state index >= 15 is 0 Å². The molecule has 0 bridgehead atoms. The standard InChI is InChI=1S/C21H27N3O4/c1-3-13-28-19-10-8-17(9-11-19)23-15-20(25)24-18-6-4-16(5-7-18)21(26)22-12-14-27-2/h4-11,23H,3,12-15H2,1-2H3,(H,22,26)(H,24,25). The molecule has 0 saturated carbocycles. The molecule has 2 aromatic carbocycles. The van der Waals surface area contributed by atoms with Gasteiger partial charge in [0.25, 0.3) is 5.91 Å². The van der Waals surface area contributed by atoms with Crippen molar-refractivity contribution < 1.29 is 19.1 Å². The first-order chi connectivity index (χ1) is 13.6. The maximum absolute atomic E-state index is 12.1. The monoisotopic (exact) mass is 385 g/mol. The second-order valence-corrected chi connectivity index (χ2v) is 6.10. The van der Waals surface area contributed by atoms with Gasteiger partial charge < -0.3 is 25.4 Å². The minimum Gasteiger partial charge on any atom is -0.494 e. The Labute approximate surface area is 165 Å². The van der Waals surface area contributed by atoms with E-state index in [2.05, 4.69) is 22.9 Å². The maximum Gasteiger partial charge on any atom is 0.251 e. The molecule has 0 saturated heterocycles. The highest BCUT2D eigenvalue weighted by Gasteiger charge is 2.06. The summed E-state index contributed by atoms with van der Waals surface area (Å²) in [6.45, 7) is 3.78. The van der Waals surface area contributed by atoms with E-state index in [1.165, 1.54) is 0 Å². The third-order valence-electron chi connectivity index (χ3n) is 3.80. The number of carbonyl (C=O) groups excluding carboxylic acids is 2. The molecule has 2 aromatic rings. The lowest BCUT2D eigenvalue weighted by molar-refractivity contribution is -0.114. The van der Waals surface area contributed by atoms with E-state index in [-0.39, 0.29) is 18.4 Å². The van der Waals surface area contributed by atoms with Crippen molar-refractivity contribution in [3.05, 3.63) is 54.1 Å². The second kappa shape index (κ2) is 11.6. The molecule has 2 amide bonds. The molecule has 150 valence electrons. The molecule has 0 aliphatic carbocycles. The molecule has 0 fully saturated rings. The molecule has 0 radical (unpaired) electrons. The van der Waals surface area contributed by atoms with Crippen LogP contribution in [0.3, 0.4) is 0 Å². The minimum atomic E-state index is -0.178. The van der Waals surface area contributed by atoms with E-state index in [9.17, 15) is 9.59 Å². The van der Waals surface area contributed by atoms with Gasteiger partial charge >= 0.3 is 0 Å². The van der Waals surface area contributed by atoms with Gasteiger partial charge in [0, 0.05) is 30.6 Å². The van der Waals surface area contributed by atoms with Crippen molar-refractivity contribution in [2.45, 2.75) is 13.3 Å².